The first kappa shape index (κ1) is 15.8. The van der Waals surface area contributed by atoms with Gasteiger partial charge in [-0.05, 0) is 46.0 Å². The fourth-order valence-electron chi connectivity index (χ4n) is 2.63. The van der Waals surface area contributed by atoms with Gasteiger partial charge in [-0.1, -0.05) is 18.2 Å². The number of para-hydroxylation sites is 1. The van der Waals surface area contributed by atoms with Crippen molar-refractivity contribution in [2.24, 2.45) is 0 Å². The van der Waals surface area contributed by atoms with E-state index in [1.165, 1.54) is 6.07 Å². The highest BCUT2D eigenvalue weighted by atomic mass is 32.1. The van der Waals surface area contributed by atoms with Crippen molar-refractivity contribution < 1.29 is 9.21 Å². The van der Waals surface area contributed by atoms with Gasteiger partial charge in [0, 0.05) is 10.9 Å². The molecule has 0 fully saturated rings. The van der Waals surface area contributed by atoms with Crippen molar-refractivity contribution in [2.45, 2.75) is 6.04 Å². The van der Waals surface area contributed by atoms with Gasteiger partial charge in [0.05, 0.1) is 11.4 Å². The Morgan fingerprint density at radius 3 is 2.72 bits per heavy atom. The van der Waals surface area contributed by atoms with Crippen LogP contribution in [0.5, 0.6) is 0 Å². The highest BCUT2D eigenvalue weighted by Gasteiger charge is 2.21. The van der Waals surface area contributed by atoms with Crippen LogP contribution in [0.3, 0.4) is 0 Å². The lowest BCUT2D eigenvalue weighted by Gasteiger charge is -2.16. The molecule has 4 nitrogen and oxygen atoms in total. The number of hydrogen-bond donors (Lipinski definition) is 1. The van der Waals surface area contributed by atoms with Crippen LogP contribution >= 0.6 is 22.7 Å². The van der Waals surface area contributed by atoms with Gasteiger partial charge in [0.15, 0.2) is 11.2 Å². The number of rotatable bonds is 4. The van der Waals surface area contributed by atoms with Crippen molar-refractivity contribution in [1.82, 2.24) is 5.32 Å². The zero-order valence-corrected chi connectivity index (χ0v) is 14.6. The van der Waals surface area contributed by atoms with Crippen molar-refractivity contribution >= 4 is 39.5 Å². The molecule has 6 heteroatoms. The zero-order chi connectivity index (χ0) is 17.2. The first-order valence-electron chi connectivity index (χ1n) is 7.61. The summed E-state index contributed by atoms with van der Waals surface area (Å²) in [5, 5.41) is 9.38. The van der Waals surface area contributed by atoms with Crippen LogP contribution < -0.4 is 10.7 Å². The fraction of sp³-hybridized carbons (Fsp3) is 0.0526. The summed E-state index contributed by atoms with van der Waals surface area (Å²) in [5.74, 6) is -0.395. The fourth-order valence-corrected chi connectivity index (χ4v) is 4.12. The van der Waals surface area contributed by atoms with Crippen molar-refractivity contribution in [3.8, 4) is 0 Å². The average molecular weight is 367 g/mol. The van der Waals surface area contributed by atoms with E-state index in [1.54, 1.807) is 46.9 Å². The van der Waals surface area contributed by atoms with Gasteiger partial charge in [-0.15, -0.1) is 11.3 Å². The highest BCUT2D eigenvalue weighted by Crippen LogP contribution is 2.28. The van der Waals surface area contributed by atoms with Gasteiger partial charge in [-0.2, -0.15) is 11.3 Å². The summed E-state index contributed by atoms with van der Waals surface area (Å²) >= 11 is 3.14. The Morgan fingerprint density at radius 2 is 1.96 bits per heavy atom. The van der Waals surface area contributed by atoms with Crippen molar-refractivity contribution in [1.29, 1.82) is 0 Å². The lowest BCUT2D eigenvalue weighted by atomic mass is 10.1. The second-order valence-electron chi connectivity index (χ2n) is 5.45. The predicted octanol–water partition coefficient (Wildman–Crippen LogP) is 4.44. The third kappa shape index (κ3) is 3.14. The molecule has 3 heterocycles. The molecule has 0 bridgehead atoms. The maximum atomic E-state index is 12.7. The molecule has 0 spiro atoms. The molecule has 0 radical (unpaired) electrons. The van der Waals surface area contributed by atoms with Gasteiger partial charge in [0.2, 0.25) is 0 Å². The minimum absolute atomic E-state index is 0.0143. The molecule has 0 saturated heterocycles. The molecule has 0 aliphatic carbocycles. The van der Waals surface area contributed by atoms with Gasteiger partial charge in [-0.25, -0.2) is 0 Å². The predicted molar refractivity (Wildman–Crippen MR) is 100 cm³/mol. The molecule has 1 atom stereocenters. The van der Waals surface area contributed by atoms with E-state index >= 15 is 0 Å². The smallest absolute Gasteiger partial charge is 0.287 e. The summed E-state index contributed by atoms with van der Waals surface area (Å²) in [5.41, 5.74) is 1.18. The third-order valence-electron chi connectivity index (χ3n) is 3.84. The number of thiophene rings is 2. The number of carbonyl (C=O) groups is 1. The second kappa shape index (κ2) is 6.66. The Kier molecular flexibility index (Phi) is 4.21. The number of nitrogens with one attached hydrogen (secondary N) is 1. The van der Waals surface area contributed by atoms with E-state index in [-0.39, 0.29) is 17.2 Å². The summed E-state index contributed by atoms with van der Waals surface area (Å²) in [6.07, 6.45) is 0. The van der Waals surface area contributed by atoms with Crippen LogP contribution in [0, 0.1) is 0 Å². The minimum atomic E-state index is -0.410. The Morgan fingerprint density at radius 1 is 1.08 bits per heavy atom. The monoisotopic (exact) mass is 367 g/mol. The van der Waals surface area contributed by atoms with E-state index in [4.69, 9.17) is 4.42 Å². The molecule has 1 aromatic carbocycles. The first-order chi connectivity index (χ1) is 12.2. The van der Waals surface area contributed by atoms with Crippen molar-refractivity contribution in [3.05, 3.63) is 91.1 Å². The van der Waals surface area contributed by atoms with Crippen LogP contribution in [0.15, 0.2) is 73.9 Å². The third-order valence-corrected chi connectivity index (χ3v) is 5.48. The molecule has 1 N–H and O–H groups in total. The molecule has 0 unspecified atom stereocenters. The lowest BCUT2D eigenvalue weighted by molar-refractivity contribution is 0.0916. The summed E-state index contributed by atoms with van der Waals surface area (Å²) in [4.78, 5) is 25.9. The number of hydrogen-bond acceptors (Lipinski definition) is 5. The number of fused-ring (bicyclic) bond motifs is 1. The summed E-state index contributed by atoms with van der Waals surface area (Å²) < 4.78 is 5.63. The van der Waals surface area contributed by atoms with Gasteiger partial charge < -0.3 is 9.73 Å². The van der Waals surface area contributed by atoms with Crippen LogP contribution in [0.4, 0.5) is 0 Å². The average Bonchev–Trinajstić information content (AvgIpc) is 3.33. The molecular weight excluding hydrogens is 354 g/mol. The number of benzene rings is 1. The van der Waals surface area contributed by atoms with Gasteiger partial charge >= 0.3 is 0 Å². The summed E-state index contributed by atoms with van der Waals surface area (Å²) in [7, 11) is 0. The highest BCUT2D eigenvalue weighted by molar-refractivity contribution is 7.10. The summed E-state index contributed by atoms with van der Waals surface area (Å²) in [6, 6.07) is 13.8. The molecule has 0 saturated carbocycles. The molecule has 1 amide bonds. The topological polar surface area (TPSA) is 59.3 Å². The van der Waals surface area contributed by atoms with Gasteiger partial charge in [0.1, 0.15) is 5.58 Å². The van der Waals surface area contributed by atoms with Crippen molar-refractivity contribution in [2.75, 3.05) is 0 Å². The number of amides is 1. The van der Waals surface area contributed by atoms with E-state index in [1.807, 2.05) is 34.3 Å². The molecule has 3 aromatic heterocycles. The van der Waals surface area contributed by atoms with Gasteiger partial charge in [-0.3, -0.25) is 9.59 Å². The minimum Gasteiger partial charge on any atom is -0.451 e. The molecule has 25 heavy (non-hydrogen) atoms. The van der Waals surface area contributed by atoms with E-state index in [0.29, 0.717) is 11.0 Å². The van der Waals surface area contributed by atoms with E-state index in [9.17, 15) is 9.59 Å². The van der Waals surface area contributed by atoms with E-state index < -0.39 is 5.91 Å². The van der Waals surface area contributed by atoms with E-state index in [2.05, 4.69) is 5.32 Å². The van der Waals surface area contributed by atoms with Gasteiger partial charge in [0.25, 0.3) is 5.91 Å². The Balaban J connectivity index is 1.69. The lowest BCUT2D eigenvalue weighted by Crippen LogP contribution is -2.29. The van der Waals surface area contributed by atoms with Crippen LogP contribution in [0.1, 0.15) is 27.0 Å². The van der Waals surface area contributed by atoms with Crippen LogP contribution in [-0.2, 0) is 0 Å². The molecule has 0 aliphatic rings. The second-order valence-corrected chi connectivity index (χ2v) is 7.21. The largest absolute Gasteiger partial charge is 0.451 e. The Bertz CT molecular complexity index is 1030. The summed E-state index contributed by atoms with van der Waals surface area (Å²) in [6.45, 7) is 0. The molecule has 4 rings (SSSR count). The van der Waals surface area contributed by atoms with Crippen LogP contribution in [0.25, 0.3) is 11.0 Å². The zero-order valence-electron chi connectivity index (χ0n) is 13.0. The molecule has 4 aromatic rings. The normalized spacial score (nSPS) is 12.2. The Hall–Kier alpha value is -2.70. The van der Waals surface area contributed by atoms with Crippen LogP contribution in [-0.4, -0.2) is 5.91 Å². The quantitative estimate of drug-likeness (QED) is 0.580. The maximum absolute atomic E-state index is 12.7. The molecular formula is C19H13NO3S2. The number of carbonyl (C=O) groups excluding carboxylic acids is 1. The SMILES string of the molecule is O=C(N[C@H](c1ccsc1)c1cccs1)c1cc(=O)c2ccccc2o1. The molecule has 124 valence electrons. The standard InChI is InChI=1S/C19H13NO3S2/c21-14-10-16(23-15-5-2-1-4-13(14)15)19(22)20-18(12-7-9-24-11-12)17-6-3-8-25-17/h1-11,18H,(H,20,22)/t18-/m1/s1. The Labute approximate surface area is 151 Å². The maximum Gasteiger partial charge on any atom is 0.287 e. The van der Waals surface area contributed by atoms with Crippen LogP contribution in [0.2, 0.25) is 0 Å². The molecule has 0 aliphatic heterocycles. The van der Waals surface area contributed by atoms with Crippen molar-refractivity contribution in [3.63, 3.8) is 0 Å². The van der Waals surface area contributed by atoms with E-state index in [0.717, 1.165) is 10.4 Å². The first-order valence-corrected chi connectivity index (χ1v) is 9.44.